The maximum atomic E-state index is 4.38. The first-order valence-corrected chi connectivity index (χ1v) is 5.05. The summed E-state index contributed by atoms with van der Waals surface area (Å²) >= 11 is 0. The lowest BCUT2D eigenvalue weighted by molar-refractivity contribution is 1.31. The molecule has 0 saturated heterocycles. The third-order valence-electron chi connectivity index (χ3n) is 2.35. The van der Waals surface area contributed by atoms with Crippen molar-refractivity contribution in [3.8, 4) is 0 Å². The van der Waals surface area contributed by atoms with Crippen molar-refractivity contribution in [3.05, 3.63) is 64.6 Å². The lowest BCUT2D eigenvalue weighted by atomic mass is 10.1. The highest BCUT2D eigenvalue weighted by atomic mass is 14.7. The molecule has 0 aromatic rings. The molecule has 0 spiro atoms. The first-order valence-electron chi connectivity index (χ1n) is 5.05. The lowest BCUT2D eigenvalue weighted by Gasteiger charge is -2.02. The van der Waals surface area contributed by atoms with Crippen LogP contribution < -0.4 is 0 Å². The molecule has 0 unspecified atom stereocenters. The van der Waals surface area contributed by atoms with Gasteiger partial charge in [-0.25, -0.2) is 4.99 Å². The van der Waals surface area contributed by atoms with Crippen LogP contribution in [0.5, 0.6) is 0 Å². The van der Waals surface area contributed by atoms with Crippen molar-refractivity contribution >= 4 is 6.21 Å². The number of hydrogen-bond donors (Lipinski definition) is 0. The van der Waals surface area contributed by atoms with E-state index in [0.717, 1.165) is 16.8 Å². The van der Waals surface area contributed by atoms with Crippen LogP contribution in [0.1, 0.15) is 13.8 Å². The molecule has 2 aliphatic rings. The fourth-order valence-electron chi connectivity index (χ4n) is 1.58. The molecular weight excluding hydrogens is 182 g/mol. The van der Waals surface area contributed by atoms with Gasteiger partial charge in [-0.05, 0) is 37.6 Å². The Morgan fingerprint density at radius 1 is 1.27 bits per heavy atom. The van der Waals surface area contributed by atoms with E-state index in [1.165, 1.54) is 5.57 Å². The van der Waals surface area contributed by atoms with E-state index in [4.69, 9.17) is 0 Å². The highest BCUT2D eigenvalue weighted by molar-refractivity contribution is 5.76. The number of rotatable bonds is 1. The molecule has 0 aromatic heterocycles. The zero-order chi connectivity index (χ0) is 10.7. The van der Waals surface area contributed by atoms with Crippen molar-refractivity contribution in [2.75, 3.05) is 0 Å². The van der Waals surface area contributed by atoms with Gasteiger partial charge in [0.2, 0.25) is 0 Å². The van der Waals surface area contributed by atoms with Crippen LogP contribution in [0, 0.1) is 0 Å². The highest BCUT2D eigenvalue weighted by Gasteiger charge is 2.06. The SMILES string of the molecule is C/C=C\C1=C(C)C=CC2=C=C1N=CC=C2. The molecule has 1 nitrogen and oxygen atoms in total. The van der Waals surface area contributed by atoms with Crippen molar-refractivity contribution < 1.29 is 0 Å². The van der Waals surface area contributed by atoms with E-state index in [1.807, 2.05) is 31.4 Å². The van der Waals surface area contributed by atoms with Gasteiger partial charge in [0.25, 0.3) is 0 Å². The Kier molecular flexibility index (Phi) is 2.66. The molecule has 1 aliphatic carbocycles. The van der Waals surface area contributed by atoms with Gasteiger partial charge in [-0.3, -0.25) is 0 Å². The Morgan fingerprint density at radius 3 is 2.93 bits per heavy atom. The van der Waals surface area contributed by atoms with Crippen LogP contribution in [0.15, 0.2) is 69.6 Å². The number of nitrogens with zero attached hydrogens (tertiary/aromatic N) is 1. The van der Waals surface area contributed by atoms with E-state index in [1.54, 1.807) is 0 Å². The summed E-state index contributed by atoms with van der Waals surface area (Å²) in [5.41, 5.74) is 7.64. The van der Waals surface area contributed by atoms with E-state index in [2.05, 4.69) is 35.9 Å². The minimum Gasteiger partial charge on any atom is -0.248 e. The summed E-state index contributed by atoms with van der Waals surface area (Å²) in [5, 5.41) is 0. The molecule has 0 N–H and O–H groups in total. The second-order valence-corrected chi connectivity index (χ2v) is 3.50. The van der Waals surface area contributed by atoms with Crippen molar-refractivity contribution in [1.82, 2.24) is 0 Å². The van der Waals surface area contributed by atoms with Gasteiger partial charge >= 0.3 is 0 Å². The predicted molar refractivity (Wildman–Crippen MR) is 64.8 cm³/mol. The van der Waals surface area contributed by atoms with Crippen molar-refractivity contribution in [2.24, 2.45) is 4.99 Å². The molecule has 15 heavy (non-hydrogen) atoms. The van der Waals surface area contributed by atoms with E-state index >= 15 is 0 Å². The Balaban J connectivity index is 2.62. The van der Waals surface area contributed by atoms with Crippen LogP contribution in [-0.4, -0.2) is 6.21 Å². The van der Waals surface area contributed by atoms with Gasteiger partial charge in [-0.1, -0.05) is 24.0 Å². The molecule has 1 aliphatic heterocycles. The van der Waals surface area contributed by atoms with Gasteiger partial charge in [-0.2, -0.15) is 0 Å². The maximum Gasteiger partial charge on any atom is 0.113 e. The fourth-order valence-corrected chi connectivity index (χ4v) is 1.58. The van der Waals surface area contributed by atoms with Gasteiger partial charge in [0.15, 0.2) is 0 Å². The molecule has 2 rings (SSSR count). The first-order chi connectivity index (χ1) is 7.31. The molecule has 1 heteroatoms. The molecule has 0 aromatic carbocycles. The standard InChI is InChI=1S/C14H13N/c1-3-5-13-11(2)7-8-12-6-4-9-15-14(13)10-12/h3-9H,1-2H3/b5-3-. The molecular formula is C14H13N. The lowest BCUT2D eigenvalue weighted by Crippen LogP contribution is -1.86. The smallest absolute Gasteiger partial charge is 0.113 e. The maximum absolute atomic E-state index is 4.38. The minimum absolute atomic E-state index is 0.913. The van der Waals surface area contributed by atoms with Gasteiger partial charge in [-0.15, -0.1) is 0 Å². The molecule has 0 amide bonds. The first kappa shape index (κ1) is 9.70. The fraction of sp³-hybridized carbons (Fsp3) is 0.143. The quantitative estimate of drug-likeness (QED) is 0.568. The zero-order valence-corrected chi connectivity index (χ0v) is 8.99. The zero-order valence-electron chi connectivity index (χ0n) is 8.99. The third kappa shape index (κ3) is 1.98. The number of allylic oxidation sites excluding steroid dienone is 7. The summed E-state index contributed by atoms with van der Waals surface area (Å²) in [7, 11) is 0. The van der Waals surface area contributed by atoms with Crippen LogP contribution in [-0.2, 0) is 0 Å². The molecule has 0 atom stereocenters. The van der Waals surface area contributed by atoms with Gasteiger partial charge in [0, 0.05) is 17.4 Å². The van der Waals surface area contributed by atoms with Gasteiger partial charge in [0.05, 0.1) is 0 Å². The average Bonchev–Trinajstić information content (AvgIpc) is 2.54. The minimum atomic E-state index is 0.913. The largest absolute Gasteiger partial charge is 0.248 e. The second-order valence-electron chi connectivity index (χ2n) is 3.50. The van der Waals surface area contributed by atoms with E-state index in [-0.39, 0.29) is 0 Å². The molecule has 0 fully saturated rings. The Morgan fingerprint density at radius 2 is 2.13 bits per heavy atom. The Bertz CT molecular complexity index is 487. The summed E-state index contributed by atoms with van der Waals surface area (Å²) < 4.78 is 0. The van der Waals surface area contributed by atoms with Crippen LogP contribution >= 0.6 is 0 Å². The topological polar surface area (TPSA) is 12.4 Å². The summed E-state index contributed by atoms with van der Waals surface area (Å²) in [6, 6.07) is 0. The van der Waals surface area contributed by atoms with Crippen molar-refractivity contribution in [3.63, 3.8) is 0 Å². The van der Waals surface area contributed by atoms with Gasteiger partial charge < -0.3 is 0 Å². The molecule has 0 saturated carbocycles. The van der Waals surface area contributed by atoms with Crippen molar-refractivity contribution in [2.45, 2.75) is 13.8 Å². The summed E-state index contributed by atoms with van der Waals surface area (Å²) in [6.07, 6.45) is 14.0. The normalized spacial score (nSPS) is 19.1. The molecule has 1 heterocycles. The van der Waals surface area contributed by atoms with Crippen LogP contribution in [0.3, 0.4) is 0 Å². The predicted octanol–water partition coefficient (Wildman–Crippen LogP) is 3.50. The Labute approximate surface area is 90.2 Å². The monoisotopic (exact) mass is 195 g/mol. The van der Waals surface area contributed by atoms with E-state index in [0.29, 0.717) is 0 Å². The highest BCUT2D eigenvalue weighted by Crippen LogP contribution is 2.23. The molecule has 0 radical (unpaired) electrons. The van der Waals surface area contributed by atoms with Gasteiger partial charge in [0.1, 0.15) is 5.70 Å². The van der Waals surface area contributed by atoms with E-state index < -0.39 is 0 Å². The van der Waals surface area contributed by atoms with Crippen LogP contribution in [0.25, 0.3) is 0 Å². The summed E-state index contributed by atoms with van der Waals surface area (Å²) in [6.45, 7) is 4.11. The van der Waals surface area contributed by atoms with Crippen LogP contribution in [0.4, 0.5) is 0 Å². The Hall–Kier alpha value is -1.85. The average molecular weight is 195 g/mol. The summed E-state index contributed by atoms with van der Waals surface area (Å²) in [4.78, 5) is 4.38. The summed E-state index contributed by atoms with van der Waals surface area (Å²) in [5.74, 6) is 0. The van der Waals surface area contributed by atoms with Crippen molar-refractivity contribution in [1.29, 1.82) is 0 Å². The second kappa shape index (κ2) is 4.12. The third-order valence-corrected chi connectivity index (χ3v) is 2.35. The van der Waals surface area contributed by atoms with E-state index in [9.17, 15) is 0 Å². The number of aliphatic imine (C=N–C) groups is 1. The van der Waals surface area contributed by atoms with Crippen LogP contribution in [0.2, 0.25) is 0 Å². The molecule has 2 bridgehead atoms. The molecule has 74 valence electrons. The number of hydrogen-bond acceptors (Lipinski definition) is 1.